The number of nitrogens with zero attached hydrogens (tertiary/aromatic N) is 1. The maximum atomic E-state index is 12.9. The van der Waals surface area contributed by atoms with Gasteiger partial charge in [-0.25, -0.2) is 4.39 Å². The van der Waals surface area contributed by atoms with Crippen LogP contribution in [0.4, 0.5) is 10.1 Å². The van der Waals surface area contributed by atoms with Gasteiger partial charge in [0.2, 0.25) is 5.91 Å². The van der Waals surface area contributed by atoms with E-state index in [0.717, 1.165) is 0 Å². The summed E-state index contributed by atoms with van der Waals surface area (Å²) in [7, 11) is 1.50. The van der Waals surface area contributed by atoms with Gasteiger partial charge in [-0.1, -0.05) is 0 Å². The van der Waals surface area contributed by atoms with Gasteiger partial charge in [-0.05, 0) is 30.3 Å². The molecular weight excluding hydrogens is 287 g/mol. The van der Waals surface area contributed by atoms with Crippen LogP contribution in [0.25, 0.3) is 0 Å². The first-order valence-electron chi connectivity index (χ1n) is 6.65. The summed E-state index contributed by atoms with van der Waals surface area (Å²) in [5.74, 6) is -1.02. The lowest BCUT2D eigenvalue weighted by Crippen LogP contribution is -2.16. The molecule has 1 N–H and O–H groups in total. The number of halogens is 1. The lowest BCUT2D eigenvalue weighted by atomic mass is 10.0. The monoisotopic (exact) mass is 302 g/mol. The quantitative estimate of drug-likeness (QED) is 0.832. The number of aromatic nitrogens is 1. The molecular formula is C16H15FN2O3. The maximum Gasteiger partial charge on any atom is 0.226 e. The molecule has 1 aromatic carbocycles. The number of carbonyl (C=O) groups is 2. The van der Waals surface area contributed by atoms with Crippen LogP contribution < -0.4 is 5.32 Å². The predicted octanol–water partition coefficient (Wildman–Crippen LogP) is 2.43. The minimum atomic E-state index is -0.421. The summed E-state index contributed by atoms with van der Waals surface area (Å²) in [6.07, 6.45) is 3.04. The Morgan fingerprint density at radius 3 is 2.64 bits per heavy atom. The fraction of sp³-hybridized carbons (Fsp3) is 0.188. The van der Waals surface area contributed by atoms with Crippen LogP contribution in [-0.4, -0.2) is 30.4 Å². The fourth-order valence-electron chi connectivity index (χ4n) is 1.85. The molecule has 0 spiro atoms. The van der Waals surface area contributed by atoms with Crippen LogP contribution in [-0.2, 0) is 9.53 Å². The number of hydrogen-bond donors (Lipinski definition) is 1. The molecule has 114 valence electrons. The van der Waals surface area contributed by atoms with Gasteiger partial charge in [-0.2, -0.15) is 0 Å². The van der Waals surface area contributed by atoms with Crippen molar-refractivity contribution in [2.45, 2.75) is 6.42 Å². The standard InChI is InChI=1S/C16H15FN2O3/c1-22-9-7-15(20)19-14-6-8-18-10-13(14)16(21)11-2-4-12(17)5-3-11/h2-6,8,10H,7,9H2,1H3,(H,18,19,20). The number of pyridine rings is 1. The van der Waals surface area contributed by atoms with Gasteiger partial charge >= 0.3 is 0 Å². The van der Waals surface area contributed by atoms with Crippen molar-refractivity contribution < 1.29 is 18.7 Å². The van der Waals surface area contributed by atoms with Crippen molar-refractivity contribution in [1.29, 1.82) is 0 Å². The Labute approximate surface area is 127 Å². The molecule has 1 aromatic heterocycles. The molecule has 0 aliphatic carbocycles. The van der Waals surface area contributed by atoms with Crippen LogP contribution in [0.3, 0.4) is 0 Å². The Bertz CT molecular complexity index is 671. The summed E-state index contributed by atoms with van der Waals surface area (Å²) < 4.78 is 17.8. The van der Waals surface area contributed by atoms with Gasteiger partial charge in [0.1, 0.15) is 5.82 Å². The first-order chi connectivity index (χ1) is 10.6. The molecule has 0 fully saturated rings. The molecule has 2 aromatic rings. The summed E-state index contributed by atoms with van der Waals surface area (Å²) in [6.45, 7) is 0.290. The predicted molar refractivity (Wildman–Crippen MR) is 79.2 cm³/mol. The zero-order valence-electron chi connectivity index (χ0n) is 12.0. The van der Waals surface area contributed by atoms with E-state index in [-0.39, 0.29) is 30.3 Å². The SMILES string of the molecule is COCCC(=O)Nc1ccncc1C(=O)c1ccc(F)cc1. The normalized spacial score (nSPS) is 10.3. The average Bonchev–Trinajstić information content (AvgIpc) is 2.53. The second-order valence-electron chi connectivity index (χ2n) is 4.55. The molecule has 2 rings (SSSR count). The molecule has 6 heteroatoms. The number of rotatable bonds is 6. The second kappa shape index (κ2) is 7.42. The van der Waals surface area contributed by atoms with E-state index >= 15 is 0 Å². The maximum absolute atomic E-state index is 12.9. The molecule has 22 heavy (non-hydrogen) atoms. The number of benzene rings is 1. The highest BCUT2D eigenvalue weighted by atomic mass is 19.1. The van der Waals surface area contributed by atoms with Gasteiger partial charge < -0.3 is 10.1 Å². The van der Waals surface area contributed by atoms with E-state index in [0.29, 0.717) is 11.3 Å². The molecule has 0 aliphatic heterocycles. The fourth-order valence-corrected chi connectivity index (χ4v) is 1.85. The minimum absolute atomic E-state index is 0.184. The Hall–Kier alpha value is -2.60. The van der Waals surface area contributed by atoms with E-state index in [2.05, 4.69) is 10.3 Å². The zero-order chi connectivity index (χ0) is 15.9. The third-order valence-electron chi connectivity index (χ3n) is 2.98. The van der Waals surface area contributed by atoms with Crippen LogP contribution in [0, 0.1) is 5.82 Å². The molecule has 0 saturated heterocycles. The number of methoxy groups -OCH3 is 1. The number of hydrogen-bond acceptors (Lipinski definition) is 4. The molecule has 0 bridgehead atoms. The Balaban J connectivity index is 2.22. The van der Waals surface area contributed by atoms with Crippen LogP contribution >= 0.6 is 0 Å². The first-order valence-corrected chi connectivity index (χ1v) is 6.65. The molecule has 1 amide bonds. The summed E-state index contributed by atoms with van der Waals surface area (Å²) in [6, 6.07) is 6.74. The minimum Gasteiger partial charge on any atom is -0.384 e. The van der Waals surface area contributed by atoms with Gasteiger partial charge in [0.05, 0.1) is 24.3 Å². The van der Waals surface area contributed by atoms with Crippen LogP contribution in [0.5, 0.6) is 0 Å². The zero-order valence-corrected chi connectivity index (χ0v) is 12.0. The molecule has 0 saturated carbocycles. The molecule has 0 radical (unpaired) electrons. The lowest BCUT2D eigenvalue weighted by molar-refractivity contribution is -0.117. The number of ketones is 1. The van der Waals surface area contributed by atoms with Crippen molar-refractivity contribution in [3.8, 4) is 0 Å². The Morgan fingerprint density at radius 2 is 1.95 bits per heavy atom. The van der Waals surface area contributed by atoms with Crippen LogP contribution in [0.15, 0.2) is 42.7 Å². The Kier molecular flexibility index (Phi) is 5.32. The van der Waals surface area contributed by atoms with Gasteiger partial charge in [-0.3, -0.25) is 14.6 Å². The number of carbonyl (C=O) groups excluding carboxylic acids is 2. The number of nitrogens with one attached hydrogen (secondary N) is 1. The molecule has 0 atom stereocenters. The van der Waals surface area contributed by atoms with Crippen molar-refractivity contribution in [3.63, 3.8) is 0 Å². The number of anilines is 1. The summed E-state index contributed by atoms with van der Waals surface area (Å²) in [5, 5.41) is 2.65. The lowest BCUT2D eigenvalue weighted by Gasteiger charge is -2.10. The summed E-state index contributed by atoms with van der Waals surface area (Å²) >= 11 is 0. The van der Waals surface area contributed by atoms with E-state index in [9.17, 15) is 14.0 Å². The molecule has 0 aliphatic rings. The number of amides is 1. The van der Waals surface area contributed by atoms with Gasteiger partial charge in [0.15, 0.2) is 5.78 Å². The van der Waals surface area contributed by atoms with Crippen molar-refractivity contribution in [1.82, 2.24) is 4.98 Å². The second-order valence-corrected chi connectivity index (χ2v) is 4.55. The summed E-state index contributed by atoms with van der Waals surface area (Å²) in [4.78, 5) is 28.1. The first kappa shape index (κ1) is 15.8. The highest BCUT2D eigenvalue weighted by Gasteiger charge is 2.15. The third kappa shape index (κ3) is 3.95. The van der Waals surface area contributed by atoms with Crippen molar-refractivity contribution in [2.75, 3.05) is 19.0 Å². The third-order valence-corrected chi connectivity index (χ3v) is 2.98. The van der Waals surface area contributed by atoms with Crippen molar-refractivity contribution >= 4 is 17.4 Å². The molecule has 0 unspecified atom stereocenters. The van der Waals surface area contributed by atoms with E-state index in [4.69, 9.17) is 4.74 Å². The molecule has 5 nitrogen and oxygen atoms in total. The Morgan fingerprint density at radius 1 is 1.23 bits per heavy atom. The molecule has 1 heterocycles. The highest BCUT2D eigenvalue weighted by molar-refractivity contribution is 6.13. The van der Waals surface area contributed by atoms with E-state index in [1.165, 1.54) is 43.8 Å². The largest absolute Gasteiger partial charge is 0.384 e. The van der Waals surface area contributed by atoms with Crippen LogP contribution in [0.1, 0.15) is 22.3 Å². The number of ether oxygens (including phenoxy) is 1. The topological polar surface area (TPSA) is 68.3 Å². The van der Waals surface area contributed by atoms with E-state index < -0.39 is 5.82 Å². The summed E-state index contributed by atoms with van der Waals surface area (Å²) in [5.41, 5.74) is 0.937. The van der Waals surface area contributed by atoms with Gasteiger partial charge in [0, 0.05) is 25.1 Å². The van der Waals surface area contributed by atoms with Crippen molar-refractivity contribution in [3.05, 3.63) is 59.7 Å². The van der Waals surface area contributed by atoms with Crippen LogP contribution in [0.2, 0.25) is 0 Å². The van der Waals surface area contributed by atoms with E-state index in [1.807, 2.05) is 0 Å². The average molecular weight is 302 g/mol. The smallest absolute Gasteiger partial charge is 0.226 e. The van der Waals surface area contributed by atoms with Gasteiger partial charge in [-0.15, -0.1) is 0 Å². The van der Waals surface area contributed by atoms with E-state index in [1.54, 1.807) is 6.07 Å². The van der Waals surface area contributed by atoms with Crippen molar-refractivity contribution in [2.24, 2.45) is 0 Å². The van der Waals surface area contributed by atoms with Gasteiger partial charge in [0.25, 0.3) is 0 Å². The highest BCUT2D eigenvalue weighted by Crippen LogP contribution is 2.18.